The van der Waals surface area contributed by atoms with Gasteiger partial charge in [-0.05, 0) is 37.3 Å². The smallest absolute Gasteiger partial charge is 0.321 e. The largest absolute Gasteiger partial charge is 0.335 e. The minimum atomic E-state index is -0.452. The van der Waals surface area contributed by atoms with Gasteiger partial charge in [0.05, 0.1) is 16.7 Å². The van der Waals surface area contributed by atoms with Crippen LogP contribution in [-0.4, -0.2) is 33.3 Å². The van der Waals surface area contributed by atoms with Crippen molar-refractivity contribution in [3.8, 4) is 0 Å². The molecule has 29 heavy (non-hydrogen) atoms. The van der Waals surface area contributed by atoms with Gasteiger partial charge in [-0.3, -0.25) is 19.5 Å². The molecule has 0 radical (unpaired) electrons. The first kappa shape index (κ1) is 21.4. The fraction of sp³-hybridized carbons (Fsp3) is 0.524. The number of fused-ring (bicyclic) bond motifs is 1. The van der Waals surface area contributed by atoms with Gasteiger partial charge in [-0.2, -0.15) is 0 Å². The van der Waals surface area contributed by atoms with Crippen molar-refractivity contribution in [1.82, 2.24) is 20.2 Å². The summed E-state index contributed by atoms with van der Waals surface area (Å²) < 4.78 is 1.60. The number of urea groups is 1. The molecule has 1 aromatic carbocycles. The first-order valence-corrected chi connectivity index (χ1v) is 11.2. The highest BCUT2D eigenvalue weighted by molar-refractivity contribution is 7.99. The topological polar surface area (TPSA) is 93.1 Å². The van der Waals surface area contributed by atoms with Crippen LogP contribution in [-0.2, 0) is 11.3 Å². The van der Waals surface area contributed by atoms with E-state index in [4.69, 9.17) is 0 Å². The van der Waals surface area contributed by atoms with Crippen molar-refractivity contribution >= 4 is 34.6 Å². The number of aromatic nitrogens is 2. The Morgan fingerprint density at radius 1 is 1.24 bits per heavy atom. The highest BCUT2D eigenvalue weighted by Gasteiger charge is 2.23. The quantitative estimate of drug-likeness (QED) is 0.557. The third-order valence-corrected chi connectivity index (χ3v) is 6.26. The molecule has 3 rings (SSSR count). The Morgan fingerprint density at radius 2 is 2.00 bits per heavy atom. The van der Waals surface area contributed by atoms with Crippen LogP contribution in [0.15, 0.2) is 34.2 Å². The maximum Gasteiger partial charge on any atom is 0.321 e. The fourth-order valence-electron chi connectivity index (χ4n) is 3.71. The van der Waals surface area contributed by atoms with Crippen LogP contribution in [0.4, 0.5) is 4.79 Å². The van der Waals surface area contributed by atoms with Crippen molar-refractivity contribution in [2.24, 2.45) is 5.92 Å². The lowest BCUT2D eigenvalue weighted by Gasteiger charge is -2.29. The Kier molecular flexibility index (Phi) is 7.30. The molecule has 156 valence electrons. The van der Waals surface area contributed by atoms with Gasteiger partial charge in [-0.25, -0.2) is 9.78 Å². The van der Waals surface area contributed by atoms with Gasteiger partial charge in [0, 0.05) is 12.6 Å². The molecule has 3 amide bonds. The molecule has 0 bridgehead atoms. The van der Waals surface area contributed by atoms with E-state index in [1.165, 1.54) is 18.2 Å². The van der Waals surface area contributed by atoms with Crippen LogP contribution in [0.5, 0.6) is 0 Å². The molecule has 7 nitrogen and oxygen atoms in total. The molecule has 1 fully saturated rings. The van der Waals surface area contributed by atoms with Crippen molar-refractivity contribution < 1.29 is 9.59 Å². The van der Waals surface area contributed by atoms with E-state index in [0.29, 0.717) is 28.5 Å². The lowest BCUT2D eigenvalue weighted by molar-refractivity contribution is -0.117. The zero-order chi connectivity index (χ0) is 20.8. The van der Waals surface area contributed by atoms with Gasteiger partial charge < -0.3 is 5.32 Å². The number of hydrogen-bond acceptors (Lipinski definition) is 5. The molecule has 1 saturated carbocycles. The van der Waals surface area contributed by atoms with E-state index in [1.807, 2.05) is 19.1 Å². The molecule has 0 saturated heterocycles. The first-order valence-electron chi connectivity index (χ1n) is 10.2. The van der Waals surface area contributed by atoms with Gasteiger partial charge in [0.1, 0.15) is 0 Å². The van der Waals surface area contributed by atoms with Crippen molar-refractivity contribution in [3.63, 3.8) is 0 Å². The molecule has 2 atom stereocenters. The summed E-state index contributed by atoms with van der Waals surface area (Å²) in [6.45, 7) is 4.64. The second kappa shape index (κ2) is 9.91. The molecule has 2 aromatic rings. The summed E-state index contributed by atoms with van der Waals surface area (Å²) in [7, 11) is 0. The van der Waals surface area contributed by atoms with Crippen molar-refractivity contribution in [1.29, 1.82) is 0 Å². The second-order valence-corrected chi connectivity index (χ2v) is 8.49. The number of rotatable bonds is 6. The van der Waals surface area contributed by atoms with Gasteiger partial charge in [0.25, 0.3) is 5.56 Å². The molecule has 1 aliphatic rings. The van der Waals surface area contributed by atoms with Gasteiger partial charge in [-0.1, -0.05) is 50.6 Å². The Balaban J connectivity index is 1.63. The molecule has 0 spiro atoms. The lowest BCUT2D eigenvalue weighted by Crippen LogP contribution is -2.48. The van der Waals surface area contributed by atoms with Crippen molar-refractivity contribution in [2.75, 3.05) is 5.75 Å². The summed E-state index contributed by atoms with van der Waals surface area (Å²) in [5, 5.41) is 6.37. The van der Waals surface area contributed by atoms with Crippen LogP contribution < -0.4 is 16.2 Å². The number of thioether (sulfide) groups is 1. The molecule has 1 heterocycles. The summed E-state index contributed by atoms with van der Waals surface area (Å²) in [5.41, 5.74) is 0.501. The van der Waals surface area contributed by atoms with Gasteiger partial charge in [-0.15, -0.1) is 0 Å². The molecule has 1 aliphatic carbocycles. The Bertz CT molecular complexity index is 943. The number of para-hydroxylation sites is 1. The molecular formula is C21H28N4O3S. The third-order valence-electron chi connectivity index (χ3n) is 5.29. The normalized spacial score (nSPS) is 19.1. The van der Waals surface area contributed by atoms with Crippen LogP contribution >= 0.6 is 11.8 Å². The summed E-state index contributed by atoms with van der Waals surface area (Å²) in [6.07, 6.45) is 5.11. The molecule has 0 aliphatic heterocycles. The highest BCUT2D eigenvalue weighted by Crippen LogP contribution is 2.23. The number of carbonyl (C=O) groups is 2. The second-order valence-electron chi connectivity index (χ2n) is 7.55. The van der Waals surface area contributed by atoms with Crippen molar-refractivity contribution in [2.45, 2.75) is 63.7 Å². The first-order chi connectivity index (χ1) is 14.0. The number of amides is 3. The number of carbonyl (C=O) groups excluding carboxylic acids is 2. The summed E-state index contributed by atoms with van der Waals surface area (Å²) >= 11 is 1.17. The van der Waals surface area contributed by atoms with E-state index in [9.17, 15) is 14.4 Å². The van der Waals surface area contributed by atoms with Gasteiger partial charge in [0.2, 0.25) is 5.91 Å². The fourth-order valence-corrected chi connectivity index (χ4v) is 4.53. The maximum absolute atomic E-state index is 12.8. The average molecular weight is 417 g/mol. The Hall–Kier alpha value is -2.35. The number of hydrogen-bond donors (Lipinski definition) is 2. The summed E-state index contributed by atoms with van der Waals surface area (Å²) in [5.74, 6) is 0.0351. The number of benzene rings is 1. The van der Waals surface area contributed by atoms with Crippen LogP contribution in [0.3, 0.4) is 0 Å². The van der Waals surface area contributed by atoms with E-state index in [-0.39, 0.29) is 17.4 Å². The van der Waals surface area contributed by atoms with Gasteiger partial charge >= 0.3 is 6.03 Å². The molecule has 0 unspecified atom stereocenters. The van der Waals surface area contributed by atoms with Crippen LogP contribution in [0.2, 0.25) is 0 Å². The highest BCUT2D eigenvalue weighted by atomic mass is 32.2. The Morgan fingerprint density at radius 3 is 2.76 bits per heavy atom. The zero-order valence-corrected chi connectivity index (χ0v) is 17.8. The molecule has 2 N–H and O–H groups in total. The number of nitrogens with one attached hydrogen (secondary N) is 2. The minimum absolute atomic E-state index is 0.0160. The van der Waals surface area contributed by atoms with Crippen molar-refractivity contribution in [3.05, 3.63) is 34.6 Å². The summed E-state index contributed by atoms with van der Waals surface area (Å²) in [6, 6.07) is 6.85. The predicted octanol–water partition coefficient (Wildman–Crippen LogP) is 3.30. The van der Waals surface area contributed by atoms with Crippen LogP contribution in [0, 0.1) is 5.92 Å². The standard InChI is InChI=1S/C21H28N4O3S/c1-3-12-25-19(27)15-9-5-7-11-17(15)23-21(25)29-13-18(26)24-20(28)22-16-10-6-4-8-14(16)2/h5,7,9,11,14,16H,3-4,6,8,10,12-13H2,1-2H3,(H2,22,24,26,28)/t14-,16-/m0/s1. The SMILES string of the molecule is CCCn1c(SCC(=O)NC(=O)N[C@H]2CCCC[C@@H]2C)nc2ccccc2c1=O. The monoisotopic (exact) mass is 416 g/mol. The van der Waals surface area contributed by atoms with Gasteiger partial charge in [0.15, 0.2) is 5.16 Å². The predicted molar refractivity (Wildman–Crippen MR) is 115 cm³/mol. The maximum atomic E-state index is 12.8. The summed E-state index contributed by atoms with van der Waals surface area (Å²) in [4.78, 5) is 41.7. The minimum Gasteiger partial charge on any atom is -0.335 e. The van der Waals surface area contributed by atoms with Crippen LogP contribution in [0.1, 0.15) is 46.0 Å². The van der Waals surface area contributed by atoms with E-state index in [0.717, 1.165) is 25.7 Å². The van der Waals surface area contributed by atoms with E-state index in [2.05, 4.69) is 22.5 Å². The lowest BCUT2D eigenvalue weighted by atomic mass is 9.86. The van der Waals surface area contributed by atoms with E-state index >= 15 is 0 Å². The zero-order valence-electron chi connectivity index (χ0n) is 16.9. The number of imide groups is 1. The van der Waals surface area contributed by atoms with Crippen LogP contribution in [0.25, 0.3) is 10.9 Å². The number of nitrogens with zero attached hydrogens (tertiary/aromatic N) is 2. The third kappa shape index (κ3) is 5.38. The molecule has 8 heteroatoms. The molecular weight excluding hydrogens is 388 g/mol. The molecule has 1 aromatic heterocycles. The van der Waals surface area contributed by atoms with E-state index < -0.39 is 11.9 Å². The average Bonchev–Trinajstić information content (AvgIpc) is 2.70. The Labute approximate surface area is 174 Å². The van der Waals surface area contributed by atoms with E-state index in [1.54, 1.807) is 16.7 Å².